The number of aromatic nitrogens is 2. The molecule has 0 unspecified atom stereocenters. The Labute approximate surface area is 143 Å². The second kappa shape index (κ2) is 5.76. The van der Waals surface area contributed by atoms with Gasteiger partial charge in [0.1, 0.15) is 5.82 Å². The van der Waals surface area contributed by atoms with Crippen LogP contribution in [-0.4, -0.2) is 62.8 Å². The minimum Gasteiger partial charge on any atom is -0.465 e. The molecule has 1 aromatic rings. The average Bonchev–Trinajstić information content (AvgIpc) is 3.12. The first-order valence-corrected chi connectivity index (χ1v) is 9.18. The molecule has 0 radical (unpaired) electrons. The molecule has 6 heteroatoms. The number of hydrogen-bond acceptors (Lipinski definition) is 3. The third-order valence-corrected chi connectivity index (χ3v) is 6.71. The van der Waals surface area contributed by atoms with Crippen LogP contribution in [0.4, 0.5) is 4.79 Å². The first kappa shape index (κ1) is 15.9. The monoisotopic (exact) mass is 332 g/mol. The maximum absolute atomic E-state index is 11.1. The summed E-state index contributed by atoms with van der Waals surface area (Å²) in [5.74, 6) is 1.83. The zero-order chi connectivity index (χ0) is 16.9. The quantitative estimate of drug-likeness (QED) is 0.903. The molecule has 0 bridgehead atoms. The van der Waals surface area contributed by atoms with E-state index < -0.39 is 6.09 Å². The van der Waals surface area contributed by atoms with E-state index in [1.165, 1.54) is 37.2 Å². The summed E-state index contributed by atoms with van der Waals surface area (Å²) in [6.07, 6.45) is 7.03. The third kappa shape index (κ3) is 2.61. The average molecular weight is 332 g/mol. The Kier molecular flexibility index (Phi) is 3.82. The van der Waals surface area contributed by atoms with Crippen molar-refractivity contribution in [1.29, 1.82) is 0 Å². The summed E-state index contributed by atoms with van der Waals surface area (Å²) in [7, 11) is 2.12. The second-order valence-corrected chi connectivity index (χ2v) is 8.14. The van der Waals surface area contributed by atoms with Gasteiger partial charge in [0.2, 0.25) is 0 Å². The Bertz CT molecular complexity index is 627. The molecule has 1 aliphatic carbocycles. The number of carboxylic acid groups (broad SMARTS) is 1. The maximum Gasteiger partial charge on any atom is 0.407 e. The Morgan fingerprint density at radius 3 is 2.54 bits per heavy atom. The smallest absolute Gasteiger partial charge is 0.407 e. The minimum atomic E-state index is -0.749. The van der Waals surface area contributed by atoms with Gasteiger partial charge in [0.05, 0.1) is 0 Å². The normalized spacial score (nSPS) is 31.6. The van der Waals surface area contributed by atoms with E-state index in [2.05, 4.69) is 28.4 Å². The van der Waals surface area contributed by atoms with Crippen molar-refractivity contribution in [2.24, 2.45) is 12.5 Å². The second-order valence-electron chi connectivity index (χ2n) is 8.14. The zero-order valence-electron chi connectivity index (χ0n) is 14.7. The van der Waals surface area contributed by atoms with Gasteiger partial charge in [0, 0.05) is 44.0 Å². The van der Waals surface area contributed by atoms with E-state index in [0.29, 0.717) is 12.0 Å². The van der Waals surface area contributed by atoms with Crippen molar-refractivity contribution < 1.29 is 9.90 Å². The molecule has 1 saturated carbocycles. The van der Waals surface area contributed by atoms with Crippen LogP contribution in [0.5, 0.6) is 0 Å². The lowest BCUT2D eigenvalue weighted by Gasteiger charge is -2.51. The van der Waals surface area contributed by atoms with Crippen molar-refractivity contribution in [2.45, 2.75) is 51.0 Å². The predicted molar refractivity (Wildman–Crippen MR) is 91.2 cm³/mol. The molecule has 24 heavy (non-hydrogen) atoms. The largest absolute Gasteiger partial charge is 0.465 e. The van der Waals surface area contributed by atoms with Gasteiger partial charge in [-0.15, -0.1) is 0 Å². The fourth-order valence-electron chi connectivity index (χ4n) is 5.05. The van der Waals surface area contributed by atoms with Gasteiger partial charge in [-0.05, 0) is 57.5 Å². The Balaban J connectivity index is 1.29. The van der Waals surface area contributed by atoms with Crippen molar-refractivity contribution >= 4 is 6.09 Å². The first-order chi connectivity index (χ1) is 11.5. The molecule has 3 fully saturated rings. The van der Waals surface area contributed by atoms with E-state index in [9.17, 15) is 4.79 Å². The number of imidazole rings is 1. The molecule has 3 aliphatic rings. The summed E-state index contributed by atoms with van der Waals surface area (Å²) >= 11 is 0. The summed E-state index contributed by atoms with van der Waals surface area (Å²) in [6.45, 7) is 5.89. The van der Waals surface area contributed by atoms with E-state index >= 15 is 0 Å². The predicted octanol–water partition coefficient (Wildman–Crippen LogP) is 2.44. The number of hydrogen-bond donors (Lipinski definition) is 1. The van der Waals surface area contributed by atoms with Crippen molar-refractivity contribution in [3.05, 3.63) is 17.7 Å². The van der Waals surface area contributed by atoms with Crippen LogP contribution in [0.2, 0.25) is 0 Å². The summed E-state index contributed by atoms with van der Waals surface area (Å²) in [6, 6.07) is 0.669. The van der Waals surface area contributed by atoms with Crippen molar-refractivity contribution in [1.82, 2.24) is 19.4 Å². The van der Waals surface area contributed by atoms with Crippen molar-refractivity contribution in [3.8, 4) is 0 Å². The Morgan fingerprint density at radius 1 is 1.29 bits per heavy atom. The van der Waals surface area contributed by atoms with Gasteiger partial charge in [-0.1, -0.05) is 0 Å². The molecule has 0 aromatic carbocycles. The van der Waals surface area contributed by atoms with Crippen molar-refractivity contribution in [2.75, 3.05) is 26.2 Å². The van der Waals surface area contributed by atoms with Crippen LogP contribution >= 0.6 is 0 Å². The van der Waals surface area contributed by atoms with Crippen LogP contribution < -0.4 is 0 Å². The SMILES string of the molecule is Cc1cnc(C2CCN(C3CC4(CCN(C(=O)O)C4)C3)CC2)n1C. The van der Waals surface area contributed by atoms with Gasteiger partial charge < -0.3 is 19.5 Å². The fourth-order valence-corrected chi connectivity index (χ4v) is 5.05. The maximum atomic E-state index is 11.1. The van der Waals surface area contributed by atoms with Crippen LogP contribution in [0, 0.1) is 12.3 Å². The van der Waals surface area contributed by atoms with Crippen LogP contribution in [0.3, 0.4) is 0 Å². The molecule has 1 amide bonds. The van der Waals surface area contributed by atoms with Gasteiger partial charge in [-0.25, -0.2) is 9.78 Å². The lowest BCUT2D eigenvalue weighted by atomic mass is 9.64. The Hall–Kier alpha value is -1.56. The number of amides is 1. The van der Waals surface area contributed by atoms with Gasteiger partial charge in [-0.3, -0.25) is 0 Å². The highest BCUT2D eigenvalue weighted by Crippen LogP contribution is 2.50. The molecule has 1 aromatic heterocycles. The molecule has 132 valence electrons. The van der Waals surface area contributed by atoms with Crippen molar-refractivity contribution in [3.63, 3.8) is 0 Å². The Morgan fingerprint density at radius 2 is 2.00 bits per heavy atom. The van der Waals surface area contributed by atoms with E-state index in [-0.39, 0.29) is 5.41 Å². The van der Waals surface area contributed by atoms with Crippen LogP contribution in [0.1, 0.15) is 49.5 Å². The number of likely N-dealkylation sites (tertiary alicyclic amines) is 2. The molecule has 1 spiro atoms. The van der Waals surface area contributed by atoms with E-state index in [4.69, 9.17) is 5.11 Å². The summed E-state index contributed by atoms with van der Waals surface area (Å²) in [4.78, 5) is 20.0. The number of piperidine rings is 1. The number of nitrogens with zero attached hydrogens (tertiary/aromatic N) is 4. The van der Waals surface area contributed by atoms with Gasteiger partial charge in [-0.2, -0.15) is 0 Å². The molecule has 1 N–H and O–H groups in total. The molecule has 3 heterocycles. The molecular formula is C18H28N4O2. The topological polar surface area (TPSA) is 61.6 Å². The highest BCUT2D eigenvalue weighted by molar-refractivity contribution is 5.65. The number of carbonyl (C=O) groups is 1. The fraction of sp³-hybridized carbons (Fsp3) is 0.778. The number of rotatable bonds is 2. The highest BCUT2D eigenvalue weighted by atomic mass is 16.4. The van der Waals surface area contributed by atoms with E-state index in [0.717, 1.165) is 32.6 Å². The lowest BCUT2D eigenvalue weighted by molar-refractivity contribution is -0.00432. The molecule has 2 saturated heterocycles. The third-order valence-electron chi connectivity index (χ3n) is 6.71. The van der Waals surface area contributed by atoms with Crippen LogP contribution in [0.25, 0.3) is 0 Å². The van der Waals surface area contributed by atoms with E-state index in [1.54, 1.807) is 4.90 Å². The molecule has 4 rings (SSSR count). The summed E-state index contributed by atoms with van der Waals surface area (Å²) in [5.41, 5.74) is 1.52. The highest BCUT2D eigenvalue weighted by Gasteiger charge is 2.51. The summed E-state index contributed by atoms with van der Waals surface area (Å²) in [5, 5.41) is 9.15. The summed E-state index contributed by atoms with van der Waals surface area (Å²) < 4.78 is 2.23. The molecule has 2 aliphatic heterocycles. The number of aryl methyl sites for hydroxylation is 1. The van der Waals surface area contributed by atoms with Gasteiger partial charge >= 0.3 is 6.09 Å². The minimum absolute atomic E-state index is 0.288. The lowest BCUT2D eigenvalue weighted by Crippen LogP contribution is -2.54. The van der Waals surface area contributed by atoms with Gasteiger partial charge in [0.25, 0.3) is 0 Å². The zero-order valence-corrected chi connectivity index (χ0v) is 14.7. The van der Waals surface area contributed by atoms with Crippen LogP contribution in [-0.2, 0) is 7.05 Å². The van der Waals surface area contributed by atoms with E-state index in [1.807, 2.05) is 6.20 Å². The van der Waals surface area contributed by atoms with Gasteiger partial charge in [0.15, 0.2) is 0 Å². The molecule has 0 atom stereocenters. The molecular weight excluding hydrogens is 304 g/mol. The standard InChI is InChI=1S/C18H28N4O2/c1-13-11-19-16(20(13)2)14-3-6-21(7-4-14)15-9-18(10-15)5-8-22(12-18)17(23)24/h11,14-15H,3-10,12H2,1-2H3,(H,23,24). The van der Waals surface area contributed by atoms with Crippen LogP contribution in [0.15, 0.2) is 6.20 Å². The first-order valence-electron chi connectivity index (χ1n) is 9.18. The molecule has 6 nitrogen and oxygen atoms in total.